The third kappa shape index (κ3) is 3.93. The van der Waals surface area contributed by atoms with Gasteiger partial charge in [-0.15, -0.1) is 0 Å². The van der Waals surface area contributed by atoms with Gasteiger partial charge in [-0.3, -0.25) is 9.67 Å². The summed E-state index contributed by atoms with van der Waals surface area (Å²) in [5.41, 5.74) is 2.86. The van der Waals surface area contributed by atoms with E-state index in [9.17, 15) is 13.6 Å². The molecule has 0 aliphatic carbocycles. The number of aromatic amines is 1. The second kappa shape index (κ2) is 7.70. The molecule has 2 aromatic carbocycles. The fourth-order valence-corrected chi connectivity index (χ4v) is 3.05. The molecule has 2 aromatic heterocycles. The summed E-state index contributed by atoms with van der Waals surface area (Å²) in [7, 11) is 0. The van der Waals surface area contributed by atoms with E-state index in [1.165, 1.54) is 21.4 Å². The Morgan fingerprint density at radius 2 is 1.93 bits per heavy atom. The summed E-state index contributed by atoms with van der Waals surface area (Å²) in [4.78, 5) is 12.9. The van der Waals surface area contributed by atoms with Gasteiger partial charge in [-0.2, -0.15) is 23.7 Å². The van der Waals surface area contributed by atoms with Crippen LogP contribution in [0.3, 0.4) is 0 Å². The van der Waals surface area contributed by atoms with Crippen molar-refractivity contribution in [2.45, 2.75) is 20.1 Å². The van der Waals surface area contributed by atoms with Crippen LogP contribution in [0.4, 0.5) is 8.78 Å². The van der Waals surface area contributed by atoms with E-state index in [4.69, 9.17) is 0 Å². The van der Waals surface area contributed by atoms with Crippen molar-refractivity contribution in [3.8, 4) is 22.6 Å². The fourth-order valence-electron chi connectivity index (χ4n) is 3.05. The van der Waals surface area contributed by atoms with Crippen molar-refractivity contribution >= 4 is 0 Å². The first kappa shape index (κ1) is 18.6. The zero-order chi connectivity index (χ0) is 20.4. The van der Waals surface area contributed by atoms with Crippen molar-refractivity contribution < 1.29 is 13.5 Å². The van der Waals surface area contributed by atoms with Gasteiger partial charge in [-0.25, -0.2) is 4.79 Å². The first-order chi connectivity index (χ1) is 14.0. The Bertz CT molecular complexity index is 1160. The molecule has 29 heavy (non-hydrogen) atoms. The molecule has 148 valence electrons. The normalized spacial score (nSPS) is 11.2. The molecule has 4 aromatic rings. The minimum Gasteiger partial charge on any atom is -0.435 e. The molecule has 0 saturated heterocycles. The van der Waals surface area contributed by atoms with Crippen LogP contribution in [-0.4, -0.2) is 31.2 Å². The van der Waals surface area contributed by atoms with E-state index in [0.29, 0.717) is 17.1 Å². The lowest BCUT2D eigenvalue weighted by Gasteiger charge is -2.07. The van der Waals surface area contributed by atoms with Crippen LogP contribution in [0.25, 0.3) is 16.8 Å². The molecule has 4 rings (SSSR count). The van der Waals surface area contributed by atoms with Gasteiger partial charge >= 0.3 is 12.3 Å². The van der Waals surface area contributed by atoms with Gasteiger partial charge in [-0.05, 0) is 42.3 Å². The summed E-state index contributed by atoms with van der Waals surface area (Å²) in [6, 6.07) is 13.6. The van der Waals surface area contributed by atoms with Crippen molar-refractivity contribution in [3.63, 3.8) is 0 Å². The van der Waals surface area contributed by atoms with Crippen molar-refractivity contribution in [1.29, 1.82) is 0 Å². The minimum atomic E-state index is -2.90. The Kier molecular flexibility index (Phi) is 4.94. The number of alkyl halides is 2. The number of H-pyrrole nitrogens is 1. The topological polar surface area (TPSA) is 77.7 Å². The second-order valence-corrected chi connectivity index (χ2v) is 6.39. The Hall–Kier alpha value is -3.75. The highest BCUT2D eigenvalue weighted by molar-refractivity contribution is 5.62. The highest BCUT2D eigenvalue weighted by atomic mass is 19.3. The molecular formula is C20H17F2N5O2. The predicted molar refractivity (Wildman–Crippen MR) is 102 cm³/mol. The summed E-state index contributed by atoms with van der Waals surface area (Å²) in [6.45, 7) is -0.988. The molecule has 0 unspecified atom stereocenters. The predicted octanol–water partition coefficient (Wildman–Crippen LogP) is 3.38. The molecule has 0 spiro atoms. The summed E-state index contributed by atoms with van der Waals surface area (Å²) < 4.78 is 32.1. The number of aryl methyl sites for hydroxylation is 1. The molecule has 0 radical (unpaired) electrons. The molecule has 0 fully saturated rings. The van der Waals surface area contributed by atoms with Gasteiger partial charge in [0.15, 0.2) is 0 Å². The van der Waals surface area contributed by atoms with Crippen LogP contribution < -0.4 is 10.4 Å². The lowest BCUT2D eigenvalue weighted by Crippen LogP contribution is -2.24. The molecule has 2 heterocycles. The maximum Gasteiger partial charge on any atom is 0.387 e. The summed E-state index contributed by atoms with van der Waals surface area (Å²) in [6.07, 6.45) is 3.50. The van der Waals surface area contributed by atoms with E-state index in [1.54, 1.807) is 43.6 Å². The van der Waals surface area contributed by atoms with Crippen LogP contribution in [0.1, 0.15) is 11.4 Å². The van der Waals surface area contributed by atoms with E-state index in [-0.39, 0.29) is 18.0 Å². The number of nitrogens with one attached hydrogen (secondary N) is 1. The Morgan fingerprint density at radius 1 is 1.14 bits per heavy atom. The Morgan fingerprint density at radius 3 is 2.62 bits per heavy atom. The largest absolute Gasteiger partial charge is 0.435 e. The van der Waals surface area contributed by atoms with Crippen molar-refractivity contribution in [2.24, 2.45) is 0 Å². The van der Waals surface area contributed by atoms with Crippen LogP contribution in [0.2, 0.25) is 0 Å². The van der Waals surface area contributed by atoms with Crippen molar-refractivity contribution in [1.82, 2.24) is 24.5 Å². The zero-order valence-corrected chi connectivity index (χ0v) is 15.4. The molecule has 7 nitrogen and oxygen atoms in total. The number of rotatable bonds is 6. The van der Waals surface area contributed by atoms with Crippen molar-refractivity contribution in [2.75, 3.05) is 0 Å². The van der Waals surface area contributed by atoms with Gasteiger partial charge in [0.2, 0.25) is 0 Å². The number of benzene rings is 2. The molecule has 1 N–H and O–H groups in total. The summed E-state index contributed by atoms with van der Waals surface area (Å²) in [5, 5.41) is 11.0. The molecule has 0 aliphatic rings. The minimum absolute atomic E-state index is 0.0467. The molecule has 0 amide bonds. The van der Waals surface area contributed by atoms with Crippen LogP contribution in [0, 0.1) is 6.92 Å². The van der Waals surface area contributed by atoms with Gasteiger partial charge in [0.25, 0.3) is 0 Å². The Balaban J connectivity index is 1.61. The highest BCUT2D eigenvalue weighted by Crippen LogP contribution is 2.19. The first-order valence-electron chi connectivity index (χ1n) is 8.81. The average molecular weight is 397 g/mol. The summed E-state index contributed by atoms with van der Waals surface area (Å²) >= 11 is 0. The Labute approximate surface area is 164 Å². The van der Waals surface area contributed by atoms with E-state index in [1.807, 2.05) is 12.1 Å². The molecule has 0 aliphatic heterocycles. The number of hydrogen-bond acceptors (Lipinski definition) is 4. The van der Waals surface area contributed by atoms with Crippen LogP contribution in [-0.2, 0) is 6.54 Å². The SMILES string of the molecule is Cc1nn(-c2ccc(-c3cn[nH]c3)cc2)c(=O)n1Cc1cccc(OC(F)F)c1. The highest BCUT2D eigenvalue weighted by Gasteiger charge is 2.13. The van der Waals surface area contributed by atoms with Gasteiger partial charge < -0.3 is 4.74 Å². The maximum absolute atomic E-state index is 12.9. The van der Waals surface area contributed by atoms with E-state index < -0.39 is 6.61 Å². The van der Waals surface area contributed by atoms with Gasteiger partial charge in [0.1, 0.15) is 11.6 Å². The molecule has 0 saturated carbocycles. The average Bonchev–Trinajstić information content (AvgIpc) is 3.32. The fraction of sp³-hybridized carbons (Fsp3) is 0.150. The standard InChI is InChI=1S/C20H17F2N5O2/c1-13-25-27(17-7-5-15(6-8-17)16-10-23-24-11-16)20(28)26(13)12-14-3-2-4-18(9-14)29-19(21)22/h2-11,19H,12H2,1H3,(H,23,24). The molecule has 9 heteroatoms. The third-order valence-electron chi connectivity index (χ3n) is 4.46. The number of hydrogen-bond donors (Lipinski definition) is 1. The summed E-state index contributed by atoms with van der Waals surface area (Å²) in [5.74, 6) is 0.555. The second-order valence-electron chi connectivity index (χ2n) is 6.39. The third-order valence-corrected chi connectivity index (χ3v) is 4.46. The first-order valence-corrected chi connectivity index (χ1v) is 8.81. The number of nitrogens with zero attached hydrogens (tertiary/aromatic N) is 4. The van der Waals surface area contributed by atoms with Crippen LogP contribution >= 0.6 is 0 Å². The number of ether oxygens (including phenoxy) is 1. The quantitative estimate of drug-likeness (QED) is 0.541. The number of aromatic nitrogens is 5. The molecule has 0 bridgehead atoms. The maximum atomic E-state index is 12.9. The van der Waals surface area contributed by atoms with Crippen molar-refractivity contribution in [3.05, 3.63) is 82.8 Å². The smallest absolute Gasteiger partial charge is 0.387 e. The van der Waals surface area contributed by atoms with Gasteiger partial charge in [0.05, 0.1) is 18.4 Å². The van der Waals surface area contributed by atoms with E-state index in [0.717, 1.165) is 11.1 Å². The van der Waals surface area contributed by atoms with Gasteiger partial charge in [0, 0.05) is 11.8 Å². The monoisotopic (exact) mass is 397 g/mol. The molecule has 0 atom stereocenters. The zero-order valence-electron chi connectivity index (χ0n) is 15.4. The van der Waals surface area contributed by atoms with Crippen LogP contribution in [0.5, 0.6) is 5.75 Å². The van der Waals surface area contributed by atoms with E-state index >= 15 is 0 Å². The van der Waals surface area contributed by atoms with Gasteiger partial charge in [-0.1, -0.05) is 24.3 Å². The lowest BCUT2D eigenvalue weighted by atomic mass is 10.1. The van der Waals surface area contributed by atoms with E-state index in [2.05, 4.69) is 20.0 Å². The molecular weight excluding hydrogens is 380 g/mol. The lowest BCUT2D eigenvalue weighted by molar-refractivity contribution is -0.0498. The number of halogens is 2. The van der Waals surface area contributed by atoms with Crippen LogP contribution in [0.15, 0.2) is 65.7 Å².